The number of hydrogen-bond donors (Lipinski definition) is 1. The summed E-state index contributed by atoms with van der Waals surface area (Å²) in [4.78, 5) is 1.54. The second-order valence-corrected chi connectivity index (χ2v) is 7.71. The quantitative estimate of drug-likeness (QED) is 0.794. The first-order valence-electron chi connectivity index (χ1n) is 8.26. The minimum absolute atomic E-state index is 0.378. The predicted octanol–water partition coefficient (Wildman–Crippen LogP) is 3.82. The maximum absolute atomic E-state index is 12.4. The summed E-state index contributed by atoms with van der Waals surface area (Å²) in [5.41, 5.74) is 0.452. The Morgan fingerprint density at radius 3 is 2.62 bits per heavy atom. The van der Waals surface area contributed by atoms with Crippen LogP contribution in [0.2, 0.25) is 0 Å². The fraction of sp³-hybridized carbons (Fsp3) is 1.00. The summed E-state index contributed by atoms with van der Waals surface area (Å²) >= 11 is 0. The van der Waals surface area contributed by atoms with E-state index in [1.54, 1.807) is 4.90 Å². The summed E-state index contributed by atoms with van der Waals surface area (Å²) in [6, 6.07) is 0.559. The first kappa shape index (κ1) is 17.1. The van der Waals surface area contributed by atoms with Crippen LogP contribution >= 0.6 is 0 Å². The summed E-state index contributed by atoms with van der Waals surface area (Å²) in [7, 11) is 0. The van der Waals surface area contributed by atoms with Gasteiger partial charge in [-0.3, -0.25) is 4.90 Å². The lowest BCUT2D eigenvalue weighted by Crippen LogP contribution is -2.36. The molecule has 0 bridgehead atoms. The summed E-state index contributed by atoms with van der Waals surface area (Å²) in [5, 5.41) is 3.62. The van der Waals surface area contributed by atoms with Gasteiger partial charge in [0.25, 0.3) is 0 Å². The third-order valence-electron chi connectivity index (χ3n) is 5.04. The molecule has 21 heavy (non-hydrogen) atoms. The Labute approximate surface area is 126 Å². The van der Waals surface area contributed by atoms with Gasteiger partial charge in [0.05, 0.1) is 6.54 Å². The first-order valence-corrected chi connectivity index (χ1v) is 8.26. The summed E-state index contributed by atoms with van der Waals surface area (Å²) < 4.78 is 37.1. The molecule has 1 aliphatic carbocycles. The standard InChI is InChI=1S/C16H29F3N2/c1-15(2)7-3-4-14(5-8-15)20-10-13-6-9-21(11-13)12-16(17,18)19/h13-14,20H,3-12H2,1-2H3. The highest BCUT2D eigenvalue weighted by Gasteiger charge is 2.34. The van der Waals surface area contributed by atoms with Crippen LogP contribution in [0.3, 0.4) is 0 Å². The average molecular weight is 306 g/mol. The number of halogens is 3. The molecule has 5 heteroatoms. The zero-order valence-electron chi connectivity index (χ0n) is 13.3. The van der Waals surface area contributed by atoms with Crippen LogP contribution in [0, 0.1) is 11.3 Å². The third-order valence-corrected chi connectivity index (χ3v) is 5.04. The zero-order chi connectivity index (χ0) is 15.5. The Bertz CT molecular complexity index is 328. The largest absolute Gasteiger partial charge is 0.401 e. The zero-order valence-corrected chi connectivity index (χ0v) is 13.3. The van der Waals surface area contributed by atoms with Gasteiger partial charge >= 0.3 is 6.18 Å². The van der Waals surface area contributed by atoms with E-state index in [1.807, 2.05) is 0 Å². The number of rotatable bonds is 4. The van der Waals surface area contributed by atoms with Crippen molar-refractivity contribution in [3.05, 3.63) is 0 Å². The Hall–Kier alpha value is -0.290. The van der Waals surface area contributed by atoms with Crippen molar-refractivity contribution in [3.63, 3.8) is 0 Å². The van der Waals surface area contributed by atoms with Gasteiger partial charge < -0.3 is 5.32 Å². The number of nitrogens with zero attached hydrogens (tertiary/aromatic N) is 1. The summed E-state index contributed by atoms with van der Waals surface area (Å²) in [6.07, 6.45) is 3.03. The van der Waals surface area contributed by atoms with Gasteiger partial charge in [-0.1, -0.05) is 20.3 Å². The lowest BCUT2D eigenvalue weighted by molar-refractivity contribution is -0.143. The number of likely N-dealkylation sites (tertiary alicyclic amines) is 1. The van der Waals surface area contributed by atoms with Gasteiger partial charge in [-0.15, -0.1) is 0 Å². The number of nitrogens with one attached hydrogen (secondary N) is 1. The molecule has 2 nitrogen and oxygen atoms in total. The van der Waals surface area contributed by atoms with Crippen molar-refractivity contribution in [2.24, 2.45) is 11.3 Å². The lowest BCUT2D eigenvalue weighted by Gasteiger charge is -2.23. The highest BCUT2D eigenvalue weighted by molar-refractivity contribution is 4.83. The Kier molecular flexibility index (Phi) is 5.58. The van der Waals surface area contributed by atoms with E-state index in [0.717, 1.165) is 13.0 Å². The number of hydrogen-bond acceptors (Lipinski definition) is 2. The molecule has 0 amide bonds. The molecule has 1 aliphatic heterocycles. The normalized spacial score (nSPS) is 31.3. The van der Waals surface area contributed by atoms with Crippen LogP contribution in [0.15, 0.2) is 0 Å². The van der Waals surface area contributed by atoms with Crippen LogP contribution in [0.25, 0.3) is 0 Å². The molecule has 0 aromatic heterocycles. The number of alkyl halides is 3. The SMILES string of the molecule is CC1(C)CCCC(NCC2CCN(CC(F)(F)F)C2)CC1. The van der Waals surface area contributed by atoms with E-state index in [1.165, 1.54) is 32.1 Å². The molecule has 1 saturated carbocycles. The highest BCUT2D eigenvalue weighted by Crippen LogP contribution is 2.33. The van der Waals surface area contributed by atoms with Gasteiger partial charge in [-0.25, -0.2) is 0 Å². The second-order valence-electron chi connectivity index (χ2n) is 7.71. The molecule has 0 aromatic rings. The van der Waals surface area contributed by atoms with Crippen LogP contribution in [-0.4, -0.2) is 43.3 Å². The molecule has 2 aliphatic rings. The molecule has 1 saturated heterocycles. The molecule has 1 N–H and O–H groups in total. The van der Waals surface area contributed by atoms with Crippen LogP contribution in [0.4, 0.5) is 13.2 Å². The van der Waals surface area contributed by atoms with E-state index in [4.69, 9.17) is 0 Å². The Morgan fingerprint density at radius 2 is 1.90 bits per heavy atom. The maximum Gasteiger partial charge on any atom is 0.401 e. The monoisotopic (exact) mass is 306 g/mol. The van der Waals surface area contributed by atoms with E-state index in [9.17, 15) is 13.2 Å². The molecule has 0 spiro atoms. The average Bonchev–Trinajstić information content (AvgIpc) is 2.69. The molecule has 2 atom stereocenters. The van der Waals surface area contributed by atoms with Crippen LogP contribution < -0.4 is 5.32 Å². The van der Waals surface area contributed by atoms with Gasteiger partial charge in [-0.2, -0.15) is 13.2 Å². The van der Waals surface area contributed by atoms with E-state index in [2.05, 4.69) is 19.2 Å². The molecule has 1 heterocycles. The summed E-state index contributed by atoms with van der Waals surface area (Å²) in [5.74, 6) is 0.378. The minimum Gasteiger partial charge on any atom is -0.314 e. The lowest BCUT2D eigenvalue weighted by atomic mass is 9.85. The minimum atomic E-state index is -4.06. The van der Waals surface area contributed by atoms with Crippen molar-refractivity contribution < 1.29 is 13.2 Å². The maximum atomic E-state index is 12.4. The highest BCUT2D eigenvalue weighted by atomic mass is 19.4. The van der Waals surface area contributed by atoms with E-state index in [0.29, 0.717) is 30.5 Å². The first-order chi connectivity index (χ1) is 9.73. The van der Waals surface area contributed by atoms with Crippen molar-refractivity contribution in [3.8, 4) is 0 Å². The summed E-state index contributed by atoms with van der Waals surface area (Å²) in [6.45, 7) is 5.97. The topological polar surface area (TPSA) is 15.3 Å². The predicted molar refractivity (Wildman–Crippen MR) is 79.3 cm³/mol. The Balaban J connectivity index is 1.67. The third kappa shape index (κ3) is 6.15. The molecule has 0 aromatic carbocycles. The van der Waals surface area contributed by atoms with Gasteiger partial charge in [0, 0.05) is 12.6 Å². The van der Waals surface area contributed by atoms with E-state index < -0.39 is 12.7 Å². The fourth-order valence-corrected chi connectivity index (χ4v) is 3.68. The molecule has 124 valence electrons. The fourth-order valence-electron chi connectivity index (χ4n) is 3.68. The van der Waals surface area contributed by atoms with Gasteiger partial charge in [0.2, 0.25) is 0 Å². The van der Waals surface area contributed by atoms with Crippen molar-refractivity contribution in [1.82, 2.24) is 10.2 Å². The van der Waals surface area contributed by atoms with Crippen molar-refractivity contribution in [2.75, 3.05) is 26.2 Å². The van der Waals surface area contributed by atoms with Gasteiger partial charge in [0.1, 0.15) is 0 Å². The van der Waals surface area contributed by atoms with Crippen molar-refractivity contribution >= 4 is 0 Å². The second kappa shape index (κ2) is 6.86. The van der Waals surface area contributed by atoms with Gasteiger partial charge in [-0.05, 0) is 56.5 Å². The van der Waals surface area contributed by atoms with E-state index >= 15 is 0 Å². The molecule has 2 unspecified atom stereocenters. The van der Waals surface area contributed by atoms with Crippen LogP contribution in [-0.2, 0) is 0 Å². The molecular weight excluding hydrogens is 277 g/mol. The van der Waals surface area contributed by atoms with Gasteiger partial charge in [0.15, 0.2) is 0 Å². The van der Waals surface area contributed by atoms with Crippen molar-refractivity contribution in [2.45, 2.75) is 64.6 Å². The molecule has 2 rings (SSSR count). The molecule has 2 fully saturated rings. The van der Waals surface area contributed by atoms with Crippen LogP contribution in [0.1, 0.15) is 52.4 Å². The smallest absolute Gasteiger partial charge is 0.314 e. The van der Waals surface area contributed by atoms with E-state index in [-0.39, 0.29) is 0 Å². The van der Waals surface area contributed by atoms with Crippen LogP contribution in [0.5, 0.6) is 0 Å². The Morgan fingerprint density at radius 1 is 1.14 bits per heavy atom. The molecule has 0 radical (unpaired) electrons. The van der Waals surface area contributed by atoms with Crippen molar-refractivity contribution in [1.29, 1.82) is 0 Å². The molecular formula is C16H29F3N2.